The summed E-state index contributed by atoms with van der Waals surface area (Å²) in [6, 6.07) is 9.60. The highest BCUT2D eigenvalue weighted by atomic mass is 16.1. The fraction of sp³-hybridized carbons (Fsp3) is 0.312. The lowest BCUT2D eigenvalue weighted by atomic mass is 10.1. The highest BCUT2D eigenvalue weighted by molar-refractivity contribution is 5.92. The zero-order valence-corrected chi connectivity index (χ0v) is 12.6. The summed E-state index contributed by atoms with van der Waals surface area (Å²) in [5.41, 5.74) is 3.63. The van der Waals surface area contributed by atoms with E-state index in [1.165, 1.54) is 5.56 Å². The topological polar surface area (TPSA) is 66.9 Å². The van der Waals surface area contributed by atoms with Gasteiger partial charge in [-0.15, -0.1) is 10.2 Å². The molecule has 1 aromatic carbocycles. The van der Waals surface area contributed by atoms with E-state index >= 15 is 0 Å². The van der Waals surface area contributed by atoms with Crippen molar-refractivity contribution < 1.29 is 4.79 Å². The number of hydrogen-bond donors (Lipinski definition) is 2. The molecule has 0 aliphatic carbocycles. The van der Waals surface area contributed by atoms with Crippen LogP contribution in [0.1, 0.15) is 35.0 Å². The number of anilines is 2. The van der Waals surface area contributed by atoms with Crippen molar-refractivity contribution in [1.82, 2.24) is 15.5 Å². The Balaban J connectivity index is 2.09. The smallest absolute Gasteiger partial charge is 0.271 e. The van der Waals surface area contributed by atoms with Crippen LogP contribution in [0.5, 0.6) is 0 Å². The molecule has 110 valence electrons. The molecular formula is C16H20N4O. The van der Waals surface area contributed by atoms with Gasteiger partial charge in [-0.2, -0.15) is 0 Å². The maximum Gasteiger partial charge on any atom is 0.271 e. The van der Waals surface area contributed by atoms with Crippen LogP contribution >= 0.6 is 0 Å². The van der Waals surface area contributed by atoms with Gasteiger partial charge in [0, 0.05) is 12.2 Å². The predicted octanol–water partition coefficient (Wildman–Crippen LogP) is 2.98. The molecule has 5 heteroatoms. The molecule has 0 saturated heterocycles. The van der Waals surface area contributed by atoms with Gasteiger partial charge in [0.1, 0.15) is 0 Å². The molecule has 1 amide bonds. The molecule has 1 aromatic heterocycles. The number of aromatic nitrogens is 2. The van der Waals surface area contributed by atoms with Gasteiger partial charge in [0.2, 0.25) is 0 Å². The molecule has 5 nitrogen and oxygen atoms in total. The minimum absolute atomic E-state index is 0.192. The van der Waals surface area contributed by atoms with Crippen molar-refractivity contribution in [3.05, 3.63) is 47.2 Å². The van der Waals surface area contributed by atoms with Crippen LogP contribution in [0.3, 0.4) is 0 Å². The summed E-state index contributed by atoms with van der Waals surface area (Å²) in [6.07, 6.45) is 0.894. The van der Waals surface area contributed by atoms with Crippen molar-refractivity contribution in [1.29, 1.82) is 0 Å². The molecule has 0 atom stereocenters. The Hall–Kier alpha value is -2.43. The molecule has 2 aromatic rings. The molecule has 0 spiro atoms. The third-order valence-corrected chi connectivity index (χ3v) is 3.09. The third-order valence-electron chi connectivity index (χ3n) is 3.09. The second-order valence-corrected chi connectivity index (χ2v) is 5.00. The number of carbonyl (C=O) groups is 1. The molecule has 0 saturated carbocycles. The number of benzene rings is 1. The van der Waals surface area contributed by atoms with Gasteiger partial charge in [-0.1, -0.05) is 19.1 Å². The molecule has 0 radical (unpaired) electrons. The van der Waals surface area contributed by atoms with Gasteiger partial charge in [-0.3, -0.25) is 4.79 Å². The number of hydrogen-bond acceptors (Lipinski definition) is 4. The van der Waals surface area contributed by atoms with Gasteiger partial charge in [0.25, 0.3) is 5.91 Å². The fourth-order valence-electron chi connectivity index (χ4n) is 1.86. The van der Waals surface area contributed by atoms with Crippen molar-refractivity contribution in [2.75, 3.05) is 11.9 Å². The SMILES string of the molecule is CCCNC(=O)c1ccc(Nc2cc(C)ccc2C)nn1. The molecule has 0 aliphatic heterocycles. The number of carbonyl (C=O) groups excluding carboxylic acids is 1. The van der Waals surface area contributed by atoms with Crippen LogP contribution in [0, 0.1) is 13.8 Å². The Labute approximate surface area is 124 Å². The number of amides is 1. The summed E-state index contributed by atoms with van der Waals surface area (Å²) < 4.78 is 0. The van der Waals surface area contributed by atoms with Gasteiger partial charge >= 0.3 is 0 Å². The standard InChI is InChI=1S/C16H20N4O/c1-4-9-17-16(21)13-7-8-15(20-19-13)18-14-10-11(2)5-6-12(14)3/h5-8,10H,4,9H2,1-3H3,(H,17,21)(H,18,20). The van der Waals surface area contributed by atoms with Crippen molar-refractivity contribution >= 4 is 17.4 Å². The van der Waals surface area contributed by atoms with Crippen LogP contribution < -0.4 is 10.6 Å². The van der Waals surface area contributed by atoms with Crippen LogP contribution in [0.15, 0.2) is 30.3 Å². The lowest BCUT2D eigenvalue weighted by molar-refractivity contribution is 0.0947. The average molecular weight is 284 g/mol. The van der Waals surface area contributed by atoms with E-state index in [0.29, 0.717) is 18.1 Å². The molecular weight excluding hydrogens is 264 g/mol. The van der Waals surface area contributed by atoms with Crippen LogP contribution in [0.25, 0.3) is 0 Å². The second-order valence-electron chi connectivity index (χ2n) is 5.00. The van der Waals surface area contributed by atoms with E-state index in [-0.39, 0.29) is 5.91 Å². The zero-order chi connectivity index (χ0) is 15.2. The van der Waals surface area contributed by atoms with Crippen molar-refractivity contribution in [2.24, 2.45) is 0 Å². The van der Waals surface area contributed by atoms with Crippen LogP contribution in [-0.4, -0.2) is 22.6 Å². The lowest BCUT2D eigenvalue weighted by Crippen LogP contribution is -2.25. The fourth-order valence-corrected chi connectivity index (χ4v) is 1.86. The van der Waals surface area contributed by atoms with Gasteiger partial charge in [0.15, 0.2) is 11.5 Å². The van der Waals surface area contributed by atoms with E-state index in [1.54, 1.807) is 12.1 Å². The van der Waals surface area contributed by atoms with Gasteiger partial charge in [0.05, 0.1) is 0 Å². The first-order valence-electron chi connectivity index (χ1n) is 7.06. The number of nitrogens with one attached hydrogen (secondary N) is 2. The normalized spacial score (nSPS) is 10.2. The summed E-state index contributed by atoms with van der Waals surface area (Å²) in [5.74, 6) is 0.429. The Kier molecular flexibility index (Phi) is 4.87. The first-order valence-corrected chi connectivity index (χ1v) is 7.06. The Bertz CT molecular complexity index is 623. The second kappa shape index (κ2) is 6.83. The summed E-state index contributed by atoms with van der Waals surface area (Å²) in [6.45, 7) is 6.71. The number of aryl methyl sites for hydroxylation is 2. The maximum absolute atomic E-state index is 11.7. The molecule has 0 bridgehead atoms. The summed E-state index contributed by atoms with van der Waals surface area (Å²) in [4.78, 5) is 11.7. The van der Waals surface area contributed by atoms with Gasteiger partial charge in [-0.25, -0.2) is 0 Å². The molecule has 0 unspecified atom stereocenters. The Morgan fingerprint density at radius 2 is 1.95 bits per heavy atom. The van der Waals surface area contributed by atoms with E-state index in [1.807, 2.05) is 20.8 Å². The summed E-state index contributed by atoms with van der Waals surface area (Å²) >= 11 is 0. The quantitative estimate of drug-likeness (QED) is 0.885. The Morgan fingerprint density at radius 3 is 2.62 bits per heavy atom. The maximum atomic E-state index is 11.7. The summed E-state index contributed by atoms with van der Waals surface area (Å²) in [7, 11) is 0. The first kappa shape index (κ1) is 15.0. The first-order chi connectivity index (χ1) is 10.1. The predicted molar refractivity (Wildman–Crippen MR) is 83.9 cm³/mol. The molecule has 2 N–H and O–H groups in total. The highest BCUT2D eigenvalue weighted by Gasteiger charge is 2.07. The molecule has 1 heterocycles. The Morgan fingerprint density at radius 1 is 1.14 bits per heavy atom. The zero-order valence-electron chi connectivity index (χ0n) is 12.6. The third kappa shape index (κ3) is 4.02. The molecule has 0 aliphatic rings. The van der Waals surface area contributed by atoms with Crippen molar-refractivity contribution in [2.45, 2.75) is 27.2 Å². The minimum Gasteiger partial charge on any atom is -0.351 e. The van der Waals surface area contributed by atoms with Crippen molar-refractivity contribution in [3.63, 3.8) is 0 Å². The number of rotatable bonds is 5. The van der Waals surface area contributed by atoms with E-state index in [2.05, 4.69) is 39.0 Å². The lowest BCUT2D eigenvalue weighted by Gasteiger charge is -2.09. The van der Waals surface area contributed by atoms with Crippen LogP contribution in [-0.2, 0) is 0 Å². The molecule has 2 rings (SSSR count). The van der Waals surface area contributed by atoms with E-state index in [0.717, 1.165) is 17.7 Å². The van der Waals surface area contributed by atoms with Crippen LogP contribution in [0.4, 0.5) is 11.5 Å². The van der Waals surface area contributed by atoms with E-state index in [9.17, 15) is 4.79 Å². The largest absolute Gasteiger partial charge is 0.351 e. The average Bonchev–Trinajstić information content (AvgIpc) is 2.49. The minimum atomic E-state index is -0.192. The van der Waals surface area contributed by atoms with Gasteiger partial charge in [-0.05, 0) is 49.6 Å². The van der Waals surface area contributed by atoms with Gasteiger partial charge < -0.3 is 10.6 Å². The van der Waals surface area contributed by atoms with E-state index in [4.69, 9.17) is 0 Å². The summed E-state index contributed by atoms with van der Waals surface area (Å²) in [5, 5.41) is 14.0. The monoisotopic (exact) mass is 284 g/mol. The van der Waals surface area contributed by atoms with E-state index < -0.39 is 0 Å². The molecule has 21 heavy (non-hydrogen) atoms. The van der Waals surface area contributed by atoms with Crippen molar-refractivity contribution in [3.8, 4) is 0 Å². The molecule has 0 fully saturated rings. The number of nitrogens with zero attached hydrogens (tertiary/aromatic N) is 2. The van der Waals surface area contributed by atoms with Crippen LogP contribution in [0.2, 0.25) is 0 Å². The highest BCUT2D eigenvalue weighted by Crippen LogP contribution is 2.20.